The molecule has 1 atom stereocenters. The summed E-state index contributed by atoms with van der Waals surface area (Å²) in [6.07, 6.45) is 0.728. The molecule has 0 aromatic heterocycles. The lowest BCUT2D eigenvalue weighted by Crippen LogP contribution is -2.41. The van der Waals surface area contributed by atoms with E-state index in [1.54, 1.807) is 18.2 Å². The van der Waals surface area contributed by atoms with Crippen molar-refractivity contribution >= 4 is 6.03 Å². The fraction of sp³-hybridized carbons (Fsp3) is 0.316. The van der Waals surface area contributed by atoms with Gasteiger partial charge in [-0.3, -0.25) is 0 Å². The highest BCUT2D eigenvalue weighted by Crippen LogP contribution is 2.48. The Morgan fingerprint density at radius 1 is 1.08 bits per heavy atom. The van der Waals surface area contributed by atoms with Gasteiger partial charge in [-0.1, -0.05) is 30.3 Å². The van der Waals surface area contributed by atoms with Crippen molar-refractivity contribution in [3.05, 3.63) is 71.3 Å². The number of amides is 2. The quantitative estimate of drug-likeness (QED) is 0.753. The number of carbonyl (C=O) groups is 1. The molecule has 2 amide bonds. The van der Waals surface area contributed by atoms with E-state index in [1.807, 2.05) is 0 Å². The summed E-state index contributed by atoms with van der Waals surface area (Å²) in [5.74, 6) is -0.640. The minimum Gasteiger partial charge on any atom is -0.387 e. The summed E-state index contributed by atoms with van der Waals surface area (Å²) in [7, 11) is 0. The number of rotatable bonds is 6. The molecule has 1 saturated carbocycles. The molecule has 1 aliphatic rings. The second kappa shape index (κ2) is 7.19. The van der Waals surface area contributed by atoms with Gasteiger partial charge in [-0.15, -0.1) is 0 Å². The lowest BCUT2D eigenvalue weighted by Gasteiger charge is -2.18. The van der Waals surface area contributed by atoms with Gasteiger partial charge >= 0.3 is 6.03 Å². The first-order valence-corrected chi connectivity index (χ1v) is 8.20. The highest BCUT2D eigenvalue weighted by Gasteiger charge is 2.45. The second-order valence-electron chi connectivity index (χ2n) is 6.39. The third-order valence-electron chi connectivity index (χ3n) is 4.60. The maximum atomic E-state index is 13.9. The average molecular weight is 346 g/mol. The van der Waals surface area contributed by atoms with Crippen molar-refractivity contribution in [1.82, 2.24) is 10.6 Å². The van der Waals surface area contributed by atoms with Crippen LogP contribution in [-0.4, -0.2) is 24.2 Å². The topological polar surface area (TPSA) is 61.4 Å². The Hall–Kier alpha value is -2.47. The fourth-order valence-electron chi connectivity index (χ4n) is 2.89. The molecule has 0 bridgehead atoms. The van der Waals surface area contributed by atoms with Gasteiger partial charge in [0, 0.05) is 18.5 Å². The molecule has 1 aliphatic carbocycles. The summed E-state index contributed by atoms with van der Waals surface area (Å²) in [4.78, 5) is 11.9. The molecule has 0 radical (unpaired) electrons. The summed E-state index contributed by atoms with van der Waals surface area (Å²) in [5.41, 5.74) is 0.812. The van der Waals surface area contributed by atoms with Crippen LogP contribution in [0.1, 0.15) is 30.1 Å². The van der Waals surface area contributed by atoms with Crippen LogP contribution in [0.5, 0.6) is 0 Å². The van der Waals surface area contributed by atoms with E-state index in [1.165, 1.54) is 30.3 Å². The fourth-order valence-corrected chi connectivity index (χ4v) is 2.89. The predicted octanol–water partition coefficient (Wildman–Crippen LogP) is 3.03. The number of benzene rings is 2. The van der Waals surface area contributed by atoms with Gasteiger partial charge in [0.05, 0.1) is 6.10 Å². The molecule has 1 unspecified atom stereocenters. The Bertz CT molecular complexity index is 745. The van der Waals surface area contributed by atoms with E-state index in [-0.39, 0.29) is 23.6 Å². The van der Waals surface area contributed by atoms with Crippen LogP contribution in [0.4, 0.5) is 13.6 Å². The second-order valence-corrected chi connectivity index (χ2v) is 6.39. The van der Waals surface area contributed by atoms with E-state index in [0.717, 1.165) is 12.8 Å². The van der Waals surface area contributed by atoms with Crippen molar-refractivity contribution in [1.29, 1.82) is 0 Å². The number of nitrogens with one attached hydrogen (secondary N) is 2. The zero-order chi connectivity index (χ0) is 17.9. The van der Waals surface area contributed by atoms with Gasteiger partial charge in [0.1, 0.15) is 11.6 Å². The van der Waals surface area contributed by atoms with Gasteiger partial charge in [0.25, 0.3) is 0 Å². The molecule has 1 fully saturated rings. The molecule has 0 spiro atoms. The number of halogens is 2. The van der Waals surface area contributed by atoms with E-state index >= 15 is 0 Å². The van der Waals surface area contributed by atoms with Crippen molar-refractivity contribution in [2.24, 2.45) is 0 Å². The Morgan fingerprint density at radius 3 is 2.40 bits per heavy atom. The van der Waals surface area contributed by atoms with Crippen LogP contribution in [0, 0.1) is 11.6 Å². The number of carbonyl (C=O) groups excluding carboxylic acids is 1. The Morgan fingerprint density at radius 2 is 1.76 bits per heavy atom. The molecule has 0 saturated heterocycles. The van der Waals surface area contributed by atoms with Crippen LogP contribution in [0.15, 0.2) is 48.5 Å². The summed E-state index contributed by atoms with van der Waals surface area (Å²) in [6.45, 7) is 0.344. The minimum absolute atomic E-state index is 0.00413. The smallest absolute Gasteiger partial charge is 0.314 e. The summed E-state index contributed by atoms with van der Waals surface area (Å²) >= 11 is 0. The van der Waals surface area contributed by atoms with Gasteiger partial charge in [-0.05, 0) is 42.2 Å². The average Bonchev–Trinajstić information content (AvgIpc) is 3.40. The molecule has 0 aliphatic heterocycles. The van der Waals surface area contributed by atoms with Gasteiger partial charge < -0.3 is 15.7 Å². The van der Waals surface area contributed by atoms with Crippen molar-refractivity contribution in [3.63, 3.8) is 0 Å². The largest absolute Gasteiger partial charge is 0.387 e. The van der Waals surface area contributed by atoms with Crippen LogP contribution in [-0.2, 0) is 5.41 Å². The maximum absolute atomic E-state index is 13.9. The highest BCUT2D eigenvalue weighted by atomic mass is 19.1. The Balaban J connectivity index is 1.48. The molecular weight excluding hydrogens is 326 g/mol. The lowest BCUT2D eigenvalue weighted by atomic mass is 9.95. The van der Waals surface area contributed by atoms with Crippen LogP contribution >= 0.6 is 0 Å². The number of hydrogen-bond donors (Lipinski definition) is 3. The molecule has 3 rings (SSSR count). The summed E-state index contributed by atoms with van der Waals surface area (Å²) in [5, 5.41) is 15.3. The minimum atomic E-state index is -0.923. The zero-order valence-electron chi connectivity index (χ0n) is 13.6. The van der Waals surface area contributed by atoms with E-state index in [4.69, 9.17) is 0 Å². The first kappa shape index (κ1) is 17.4. The lowest BCUT2D eigenvalue weighted by molar-refractivity contribution is 0.173. The molecule has 4 nitrogen and oxygen atoms in total. The first-order chi connectivity index (χ1) is 12.0. The number of urea groups is 1. The molecular formula is C19H20F2N2O2. The van der Waals surface area contributed by atoms with Crippen LogP contribution in [0.2, 0.25) is 0 Å². The monoisotopic (exact) mass is 346 g/mol. The van der Waals surface area contributed by atoms with Crippen molar-refractivity contribution in [2.45, 2.75) is 24.4 Å². The molecule has 2 aromatic rings. The normalized spacial score (nSPS) is 16.1. The van der Waals surface area contributed by atoms with Crippen LogP contribution in [0.25, 0.3) is 0 Å². The van der Waals surface area contributed by atoms with E-state index < -0.39 is 12.1 Å². The number of hydrogen-bond acceptors (Lipinski definition) is 2. The van der Waals surface area contributed by atoms with Gasteiger partial charge in [0.15, 0.2) is 0 Å². The number of aliphatic hydroxyl groups excluding tert-OH is 1. The standard InChI is InChI=1S/C19H20F2N2O2/c20-14-7-5-13(6-8-14)17(24)11-22-18(25)23-12-19(9-10-19)15-3-1-2-4-16(15)21/h1-8,17,24H,9-12H2,(H2,22,23,25). The van der Waals surface area contributed by atoms with Crippen molar-refractivity contribution in [3.8, 4) is 0 Å². The Kier molecular flexibility index (Phi) is 4.99. The molecule has 0 heterocycles. The van der Waals surface area contributed by atoms with E-state index in [0.29, 0.717) is 17.7 Å². The van der Waals surface area contributed by atoms with Gasteiger partial charge in [0.2, 0.25) is 0 Å². The van der Waals surface area contributed by atoms with E-state index in [9.17, 15) is 18.7 Å². The van der Waals surface area contributed by atoms with Gasteiger partial charge in [-0.25, -0.2) is 13.6 Å². The third-order valence-corrected chi connectivity index (χ3v) is 4.60. The summed E-state index contributed by atoms with van der Waals surface area (Å²) in [6, 6.07) is 11.6. The molecule has 3 N–H and O–H groups in total. The van der Waals surface area contributed by atoms with Gasteiger partial charge in [-0.2, -0.15) is 0 Å². The zero-order valence-corrected chi connectivity index (χ0v) is 13.6. The molecule has 25 heavy (non-hydrogen) atoms. The van der Waals surface area contributed by atoms with Crippen LogP contribution < -0.4 is 10.6 Å². The first-order valence-electron chi connectivity index (χ1n) is 8.20. The third kappa shape index (κ3) is 4.14. The van der Waals surface area contributed by atoms with Crippen molar-refractivity contribution < 1.29 is 18.7 Å². The molecule has 2 aromatic carbocycles. The van der Waals surface area contributed by atoms with Crippen molar-refractivity contribution in [2.75, 3.05) is 13.1 Å². The SMILES string of the molecule is O=C(NCC(O)c1ccc(F)cc1)NCC1(c2ccccc2F)CC1. The highest BCUT2D eigenvalue weighted by molar-refractivity contribution is 5.74. The Labute approximate surface area is 144 Å². The molecule has 132 valence electrons. The maximum Gasteiger partial charge on any atom is 0.314 e. The van der Waals surface area contributed by atoms with E-state index in [2.05, 4.69) is 10.6 Å². The predicted molar refractivity (Wildman–Crippen MR) is 90.1 cm³/mol. The summed E-state index contributed by atoms with van der Waals surface area (Å²) < 4.78 is 26.8. The molecule has 6 heteroatoms. The number of aliphatic hydroxyl groups is 1. The van der Waals surface area contributed by atoms with Crippen LogP contribution in [0.3, 0.4) is 0 Å².